The van der Waals surface area contributed by atoms with Crippen LogP contribution in [0.25, 0.3) is 21.8 Å². The Balaban J connectivity index is 1.56. The number of aromatic nitrogens is 1. The number of ether oxygens (including phenoxy) is 1. The molecule has 2 nitrogen and oxygen atoms in total. The van der Waals surface area contributed by atoms with E-state index < -0.39 is 0 Å². The summed E-state index contributed by atoms with van der Waals surface area (Å²) in [4.78, 5) is 3.55. The molecule has 1 aromatic heterocycles. The summed E-state index contributed by atoms with van der Waals surface area (Å²) in [6.07, 6.45) is 9.20. The normalized spacial score (nSPS) is 14.8. The van der Waals surface area contributed by atoms with Gasteiger partial charge in [-0.2, -0.15) is 0 Å². The number of hydrogen-bond acceptors (Lipinski definition) is 1. The molecule has 1 N–H and O–H groups in total. The molecule has 0 spiro atoms. The van der Waals surface area contributed by atoms with Gasteiger partial charge < -0.3 is 9.72 Å². The zero-order chi connectivity index (χ0) is 22.5. The van der Waals surface area contributed by atoms with Gasteiger partial charge in [0.15, 0.2) is 0 Å². The fourth-order valence-electron chi connectivity index (χ4n) is 4.73. The number of para-hydroxylation sites is 1. The quantitative estimate of drug-likeness (QED) is 0.331. The van der Waals surface area contributed by atoms with E-state index in [4.69, 9.17) is 4.74 Å². The molecule has 0 amide bonds. The SMILES string of the molecule is C=C(C)/C=C\C=C/Cc1cc2c(cc1C)C(C)(C)c1cc3c(cc1O2)[nH]c1ccccc13. The number of hydrogen-bond donors (Lipinski definition) is 1. The Morgan fingerprint density at radius 3 is 2.53 bits per heavy atom. The fourth-order valence-corrected chi connectivity index (χ4v) is 4.73. The molecule has 5 rings (SSSR count). The summed E-state index contributed by atoms with van der Waals surface area (Å²) in [5.74, 6) is 1.90. The van der Waals surface area contributed by atoms with Crippen molar-refractivity contribution < 1.29 is 4.74 Å². The van der Waals surface area contributed by atoms with E-state index in [-0.39, 0.29) is 5.41 Å². The molecular weight excluding hydrogens is 390 g/mol. The smallest absolute Gasteiger partial charge is 0.133 e. The van der Waals surface area contributed by atoms with Crippen LogP contribution in [0, 0.1) is 6.92 Å². The summed E-state index contributed by atoms with van der Waals surface area (Å²) < 4.78 is 6.50. The Bertz CT molecular complexity index is 1430. The Kier molecular flexibility index (Phi) is 4.82. The molecule has 0 aliphatic carbocycles. The van der Waals surface area contributed by atoms with Crippen molar-refractivity contribution in [1.29, 1.82) is 0 Å². The van der Waals surface area contributed by atoms with E-state index >= 15 is 0 Å². The largest absolute Gasteiger partial charge is 0.457 e. The molecule has 0 saturated heterocycles. The fraction of sp³-hybridized carbons (Fsp3) is 0.200. The number of aryl methyl sites for hydroxylation is 1. The van der Waals surface area contributed by atoms with E-state index in [2.05, 4.69) is 93.0 Å². The number of allylic oxidation sites excluding steroid dienone is 5. The molecule has 0 atom stereocenters. The second-order valence-corrected chi connectivity index (χ2v) is 9.40. The van der Waals surface area contributed by atoms with Crippen molar-refractivity contribution in [2.24, 2.45) is 0 Å². The average Bonchev–Trinajstić information content (AvgIpc) is 3.11. The van der Waals surface area contributed by atoms with Crippen LogP contribution in [0.4, 0.5) is 0 Å². The standard InChI is InChI=1S/C30H29NO/c1-19(2)11-7-6-8-12-21-16-28-24(15-20(21)3)30(4,5)25-17-23-22-13-9-10-14-26(22)31-27(23)18-29(25)32-28/h6-11,13-18,31H,1,12H2,2-5H3/b8-6-,11-7-. The topological polar surface area (TPSA) is 25.0 Å². The predicted octanol–water partition coefficient (Wildman–Crippen LogP) is 8.29. The van der Waals surface area contributed by atoms with E-state index in [1.807, 2.05) is 19.1 Å². The summed E-state index contributed by atoms with van der Waals surface area (Å²) in [6.45, 7) is 12.7. The lowest BCUT2D eigenvalue weighted by Gasteiger charge is -2.35. The van der Waals surface area contributed by atoms with Crippen molar-refractivity contribution in [2.45, 2.75) is 39.5 Å². The molecule has 2 heteroatoms. The van der Waals surface area contributed by atoms with Crippen molar-refractivity contribution in [3.05, 3.63) is 107 Å². The van der Waals surface area contributed by atoms with Crippen molar-refractivity contribution >= 4 is 21.8 Å². The van der Waals surface area contributed by atoms with Gasteiger partial charge in [-0.3, -0.25) is 0 Å². The highest BCUT2D eigenvalue weighted by Gasteiger charge is 2.35. The van der Waals surface area contributed by atoms with E-state index in [1.54, 1.807) is 0 Å². The Morgan fingerprint density at radius 2 is 1.72 bits per heavy atom. The maximum absolute atomic E-state index is 6.50. The zero-order valence-electron chi connectivity index (χ0n) is 19.3. The van der Waals surface area contributed by atoms with Crippen LogP contribution in [0.1, 0.15) is 43.0 Å². The second kappa shape index (κ2) is 7.56. The van der Waals surface area contributed by atoms with Gasteiger partial charge in [0.25, 0.3) is 0 Å². The van der Waals surface area contributed by atoms with Gasteiger partial charge in [0.1, 0.15) is 11.5 Å². The minimum absolute atomic E-state index is 0.140. The van der Waals surface area contributed by atoms with Gasteiger partial charge in [0, 0.05) is 38.9 Å². The summed E-state index contributed by atoms with van der Waals surface area (Å²) in [6, 6.07) is 17.5. The van der Waals surface area contributed by atoms with Crippen LogP contribution in [0.5, 0.6) is 11.5 Å². The van der Waals surface area contributed by atoms with Crippen molar-refractivity contribution in [1.82, 2.24) is 4.98 Å². The summed E-state index contributed by atoms with van der Waals surface area (Å²) in [5, 5.41) is 2.51. The van der Waals surface area contributed by atoms with E-state index in [9.17, 15) is 0 Å². The average molecular weight is 420 g/mol. The highest BCUT2D eigenvalue weighted by Crippen LogP contribution is 2.50. The minimum atomic E-state index is -0.140. The molecular formula is C30H29NO. The van der Waals surface area contributed by atoms with Crippen LogP contribution in [-0.4, -0.2) is 4.98 Å². The maximum atomic E-state index is 6.50. The Hall–Kier alpha value is -3.52. The predicted molar refractivity (Wildman–Crippen MR) is 136 cm³/mol. The molecule has 1 aliphatic heterocycles. The molecule has 160 valence electrons. The second-order valence-electron chi connectivity index (χ2n) is 9.40. The molecule has 2 heterocycles. The van der Waals surface area contributed by atoms with Crippen LogP contribution in [0.15, 0.2) is 85.0 Å². The van der Waals surface area contributed by atoms with Gasteiger partial charge in [0.05, 0.1) is 5.52 Å². The number of nitrogens with one attached hydrogen (secondary N) is 1. The van der Waals surface area contributed by atoms with Gasteiger partial charge in [-0.1, -0.05) is 74.6 Å². The van der Waals surface area contributed by atoms with Crippen molar-refractivity contribution in [2.75, 3.05) is 0 Å². The molecule has 1 aliphatic rings. The van der Waals surface area contributed by atoms with Crippen LogP contribution in [-0.2, 0) is 11.8 Å². The number of fused-ring (bicyclic) bond motifs is 5. The number of aromatic amines is 1. The first-order valence-corrected chi connectivity index (χ1v) is 11.2. The Morgan fingerprint density at radius 1 is 0.969 bits per heavy atom. The molecule has 0 bridgehead atoms. The summed E-state index contributed by atoms with van der Waals surface area (Å²) in [7, 11) is 0. The van der Waals surface area contributed by atoms with Crippen LogP contribution in [0.3, 0.4) is 0 Å². The minimum Gasteiger partial charge on any atom is -0.457 e. The Labute approximate surface area is 189 Å². The lowest BCUT2D eigenvalue weighted by Crippen LogP contribution is -2.24. The van der Waals surface area contributed by atoms with Crippen LogP contribution in [0.2, 0.25) is 0 Å². The number of rotatable bonds is 4. The van der Waals surface area contributed by atoms with Crippen molar-refractivity contribution in [3.63, 3.8) is 0 Å². The first-order chi connectivity index (χ1) is 15.3. The van der Waals surface area contributed by atoms with E-state index in [0.717, 1.165) is 34.5 Å². The zero-order valence-corrected chi connectivity index (χ0v) is 19.3. The van der Waals surface area contributed by atoms with Gasteiger partial charge >= 0.3 is 0 Å². The monoisotopic (exact) mass is 419 g/mol. The molecule has 4 aromatic rings. The van der Waals surface area contributed by atoms with Gasteiger partial charge in [-0.25, -0.2) is 0 Å². The third-order valence-corrected chi connectivity index (χ3v) is 6.58. The van der Waals surface area contributed by atoms with Crippen molar-refractivity contribution in [3.8, 4) is 11.5 Å². The first kappa shape index (κ1) is 20.4. The lowest BCUT2D eigenvalue weighted by molar-refractivity contribution is 0.418. The molecule has 0 radical (unpaired) electrons. The highest BCUT2D eigenvalue weighted by atomic mass is 16.5. The molecule has 0 unspecified atom stereocenters. The maximum Gasteiger partial charge on any atom is 0.133 e. The summed E-state index contributed by atoms with van der Waals surface area (Å²) >= 11 is 0. The molecule has 3 aromatic carbocycles. The summed E-state index contributed by atoms with van der Waals surface area (Å²) in [5.41, 5.74) is 8.25. The van der Waals surface area contributed by atoms with Crippen LogP contribution < -0.4 is 4.74 Å². The van der Waals surface area contributed by atoms with Crippen LogP contribution >= 0.6 is 0 Å². The van der Waals surface area contributed by atoms with Gasteiger partial charge in [0.2, 0.25) is 0 Å². The van der Waals surface area contributed by atoms with E-state index in [1.165, 1.54) is 33.0 Å². The molecule has 0 saturated carbocycles. The molecule has 32 heavy (non-hydrogen) atoms. The van der Waals surface area contributed by atoms with Gasteiger partial charge in [-0.15, -0.1) is 0 Å². The number of benzene rings is 3. The lowest BCUT2D eigenvalue weighted by atomic mass is 9.74. The highest BCUT2D eigenvalue weighted by molar-refractivity contribution is 6.08. The number of H-pyrrole nitrogens is 1. The van der Waals surface area contributed by atoms with E-state index in [0.29, 0.717) is 0 Å². The third kappa shape index (κ3) is 3.36. The molecule has 0 fully saturated rings. The first-order valence-electron chi connectivity index (χ1n) is 11.2. The third-order valence-electron chi connectivity index (χ3n) is 6.58. The van der Waals surface area contributed by atoms with Gasteiger partial charge in [-0.05, 0) is 49.6 Å².